The molecule has 1 heterocycles. The summed E-state index contributed by atoms with van der Waals surface area (Å²) in [5.41, 5.74) is 7.30. The van der Waals surface area contributed by atoms with Crippen LogP contribution >= 0.6 is 11.6 Å². The van der Waals surface area contributed by atoms with Crippen LogP contribution in [0.2, 0.25) is 5.02 Å². The van der Waals surface area contributed by atoms with E-state index in [4.69, 9.17) is 21.9 Å². The topological polar surface area (TPSA) is 64.9 Å². The zero-order valence-electron chi connectivity index (χ0n) is 12.0. The Morgan fingerprint density at radius 1 is 1.19 bits per heavy atom. The zero-order valence-corrected chi connectivity index (χ0v) is 12.7. The Kier molecular flexibility index (Phi) is 4.56. The average Bonchev–Trinajstić information content (AvgIpc) is 2.91. The summed E-state index contributed by atoms with van der Waals surface area (Å²) in [5.74, 6) is 1.90. The molecule has 1 aromatic heterocycles. The monoisotopic (exact) mass is 305 g/mol. The van der Waals surface area contributed by atoms with E-state index in [-0.39, 0.29) is 6.04 Å². The molecule has 0 bridgehead atoms. The number of nitrogens with zero attached hydrogens (tertiary/aromatic N) is 2. The number of halogens is 1. The fraction of sp³-hybridized carbons (Fsp3) is 0.500. The highest BCUT2D eigenvalue weighted by Crippen LogP contribution is 2.25. The lowest BCUT2D eigenvalue weighted by molar-refractivity contribution is 0.273. The predicted molar refractivity (Wildman–Crippen MR) is 82.2 cm³/mol. The summed E-state index contributed by atoms with van der Waals surface area (Å²) in [7, 11) is 0. The van der Waals surface area contributed by atoms with E-state index in [9.17, 15) is 0 Å². The molecular weight excluding hydrogens is 286 g/mol. The Labute approximate surface area is 129 Å². The smallest absolute Gasteiger partial charge is 0.226 e. The molecule has 2 atom stereocenters. The van der Waals surface area contributed by atoms with Gasteiger partial charge in [0.1, 0.15) is 0 Å². The van der Waals surface area contributed by atoms with Crippen molar-refractivity contribution in [3.05, 3.63) is 46.6 Å². The number of hydrogen-bond acceptors (Lipinski definition) is 4. The van der Waals surface area contributed by atoms with Gasteiger partial charge in [0.25, 0.3) is 0 Å². The lowest BCUT2D eigenvalue weighted by Crippen LogP contribution is -2.34. The fourth-order valence-electron chi connectivity index (χ4n) is 2.94. The van der Waals surface area contributed by atoms with E-state index in [1.807, 2.05) is 24.3 Å². The van der Waals surface area contributed by atoms with Gasteiger partial charge in [-0.15, -0.1) is 0 Å². The van der Waals surface area contributed by atoms with Crippen LogP contribution in [0.4, 0.5) is 0 Å². The Balaban J connectivity index is 1.61. The van der Waals surface area contributed by atoms with Gasteiger partial charge in [0.05, 0.1) is 0 Å². The van der Waals surface area contributed by atoms with Crippen molar-refractivity contribution in [1.82, 2.24) is 10.1 Å². The molecule has 4 nitrogen and oxygen atoms in total. The van der Waals surface area contributed by atoms with Gasteiger partial charge in [0, 0.05) is 23.9 Å². The van der Waals surface area contributed by atoms with Crippen LogP contribution in [-0.4, -0.2) is 16.2 Å². The zero-order chi connectivity index (χ0) is 14.7. The average molecular weight is 306 g/mol. The highest BCUT2D eigenvalue weighted by molar-refractivity contribution is 6.30. The van der Waals surface area contributed by atoms with Crippen LogP contribution in [0.15, 0.2) is 28.8 Å². The minimum atomic E-state index is 0.269. The molecule has 0 aliphatic heterocycles. The summed E-state index contributed by atoms with van der Waals surface area (Å²) in [6.07, 6.45) is 6.23. The maximum atomic E-state index is 6.17. The first-order valence-corrected chi connectivity index (χ1v) is 7.90. The first-order valence-electron chi connectivity index (χ1n) is 7.52. The summed E-state index contributed by atoms with van der Waals surface area (Å²) in [4.78, 5) is 4.49. The third-order valence-corrected chi connectivity index (χ3v) is 4.44. The summed E-state index contributed by atoms with van der Waals surface area (Å²) in [6.45, 7) is 0. The molecule has 5 heteroatoms. The largest absolute Gasteiger partial charge is 0.339 e. The highest BCUT2D eigenvalue weighted by atomic mass is 35.5. The molecular formula is C16H20ClN3O. The minimum absolute atomic E-state index is 0.269. The fourth-order valence-corrected chi connectivity index (χ4v) is 3.07. The molecule has 1 aliphatic rings. The normalized spacial score (nSPS) is 22.4. The third-order valence-electron chi connectivity index (χ3n) is 4.19. The molecule has 112 valence electrons. The van der Waals surface area contributed by atoms with E-state index in [1.54, 1.807) is 0 Å². The third kappa shape index (κ3) is 3.83. The van der Waals surface area contributed by atoms with Crippen molar-refractivity contribution in [3.63, 3.8) is 0 Å². The second-order valence-corrected chi connectivity index (χ2v) is 6.26. The Bertz CT molecular complexity index is 581. The number of benzene rings is 1. The molecule has 1 aromatic carbocycles. The Morgan fingerprint density at radius 3 is 2.71 bits per heavy atom. The predicted octanol–water partition coefficient (Wildman–Crippen LogP) is 3.37. The molecule has 0 saturated heterocycles. The first-order chi connectivity index (χ1) is 10.2. The Morgan fingerprint density at radius 2 is 1.95 bits per heavy atom. The van der Waals surface area contributed by atoms with Crippen LogP contribution < -0.4 is 5.73 Å². The van der Waals surface area contributed by atoms with Gasteiger partial charge in [-0.1, -0.05) is 41.7 Å². The van der Waals surface area contributed by atoms with Gasteiger partial charge in [0.15, 0.2) is 5.82 Å². The highest BCUT2D eigenvalue weighted by Gasteiger charge is 2.24. The molecule has 0 spiro atoms. The lowest BCUT2D eigenvalue weighted by atomic mass is 9.83. The van der Waals surface area contributed by atoms with E-state index in [0.29, 0.717) is 18.2 Å². The van der Waals surface area contributed by atoms with Crippen LogP contribution in [0.1, 0.15) is 43.0 Å². The second-order valence-electron chi connectivity index (χ2n) is 5.82. The molecule has 3 rings (SSSR count). The Hall–Kier alpha value is -1.39. The number of aromatic nitrogens is 2. The number of rotatable bonds is 4. The second kappa shape index (κ2) is 6.58. The van der Waals surface area contributed by atoms with Crippen molar-refractivity contribution < 1.29 is 4.52 Å². The molecule has 0 radical (unpaired) electrons. The maximum absolute atomic E-state index is 6.17. The van der Waals surface area contributed by atoms with Gasteiger partial charge in [-0.25, -0.2) is 0 Å². The minimum Gasteiger partial charge on any atom is -0.339 e. The quantitative estimate of drug-likeness (QED) is 0.940. The van der Waals surface area contributed by atoms with Gasteiger partial charge in [-0.05, 0) is 36.5 Å². The van der Waals surface area contributed by atoms with Crippen molar-refractivity contribution in [3.8, 4) is 0 Å². The van der Waals surface area contributed by atoms with Crippen LogP contribution in [-0.2, 0) is 12.8 Å². The van der Waals surface area contributed by atoms with Gasteiger partial charge in [-0.3, -0.25) is 0 Å². The maximum Gasteiger partial charge on any atom is 0.226 e. The molecule has 21 heavy (non-hydrogen) atoms. The van der Waals surface area contributed by atoms with Crippen LogP contribution in [0.3, 0.4) is 0 Å². The van der Waals surface area contributed by atoms with E-state index in [0.717, 1.165) is 35.7 Å². The molecule has 2 unspecified atom stereocenters. The molecule has 0 amide bonds. The van der Waals surface area contributed by atoms with E-state index in [2.05, 4.69) is 10.1 Å². The SMILES string of the molecule is NC1CCCCC1Cc1nc(Cc2ccc(Cl)cc2)no1. The lowest BCUT2D eigenvalue weighted by Gasteiger charge is -2.27. The number of nitrogens with two attached hydrogens (primary N) is 1. The molecule has 1 aliphatic carbocycles. The van der Waals surface area contributed by atoms with Crippen molar-refractivity contribution in [2.24, 2.45) is 11.7 Å². The standard InChI is InChI=1S/C16H20ClN3O/c17-13-7-5-11(6-8-13)9-15-19-16(21-20-15)10-12-3-1-2-4-14(12)18/h5-8,12,14H,1-4,9-10,18H2. The van der Waals surface area contributed by atoms with Crippen LogP contribution in [0, 0.1) is 5.92 Å². The van der Waals surface area contributed by atoms with E-state index >= 15 is 0 Å². The molecule has 1 saturated carbocycles. The van der Waals surface area contributed by atoms with E-state index < -0.39 is 0 Å². The van der Waals surface area contributed by atoms with E-state index in [1.165, 1.54) is 12.8 Å². The van der Waals surface area contributed by atoms with Crippen LogP contribution in [0.25, 0.3) is 0 Å². The summed E-state index contributed by atoms with van der Waals surface area (Å²) in [5, 5.41) is 4.80. The van der Waals surface area contributed by atoms with Crippen molar-refractivity contribution in [1.29, 1.82) is 0 Å². The molecule has 2 aromatic rings. The van der Waals surface area contributed by atoms with Crippen LogP contribution in [0.5, 0.6) is 0 Å². The van der Waals surface area contributed by atoms with Crippen molar-refractivity contribution in [2.45, 2.75) is 44.6 Å². The molecule has 1 fully saturated rings. The van der Waals surface area contributed by atoms with Crippen molar-refractivity contribution in [2.75, 3.05) is 0 Å². The summed E-state index contributed by atoms with van der Waals surface area (Å²) in [6, 6.07) is 7.98. The van der Waals surface area contributed by atoms with Gasteiger partial charge < -0.3 is 10.3 Å². The summed E-state index contributed by atoms with van der Waals surface area (Å²) >= 11 is 5.88. The van der Waals surface area contributed by atoms with Gasteiger partial charge in [-0.2, -0.15) is 4.98 Å². The van der Waals surface area contributed by atoms with Gasteiger partial charge >= 0.3 is 0 Å². The van der Waals surface area contributed by atoms with Crippen molar-refractivity contribution >= 4 is 11.6 Å². The summed E-state index contributed by atoms with van der Waals surface area (Å²) < 4.78 is 5.37. The first kappa shape index (κ1) is 14.5. The van der Waals surface area contributed by atoms with Gasteiger partial charge in [0.2, 0.25) is 5.89 Å². The molecule has 2 N–H and O–H groups in total. The number of hydrogen-bond donors (Lipinski definition) is 1.